The highest BCUT2D eigenvalue weighted by atomic mass is 32.1. The van der Waals surface area contributed by atoms with Gasteiger partial charge in [-0.2, -0.15) is 4.37 Å². The average Bonchev–Trinajstić information content (AvgIpc) is 2.51. The number of hydrogen-bond donors (Lipinski definition) is 2. The summed E-state index contributed by atoms with van der Waals surface area (Å²) in [7, 11) is 0. The molecule has 0 bridgehead atoms. The molecule has 0 aliphatic rings. The van der Waals surface area contributed by atoms with Crippen LogP contribution in [0.25, 0.3) is 0 Å². The van der Waals surface area contributed by atoms with Gasteiger partial charge in [-0.1, -0.05) is 20.8 Å². The second-order valence-electron chi connectivity index (χ2n) is 4.40. The van der Waals surface area contributed by atoms with E-state index in [1.165, 1.54) is 11.5 Å². The average molecular weight is 215 g/mol. The molecule has 0 saturated carbocycles. The van der Waals surface area contributed by atoms with Crippen molar-refractivity contribution in [1.82, 2.24) is 9.36 Å². The van der Waals surface area contributed by atoms with Crippen LogP contribution in [0.4, 0.5) is 5.13 Å². The van der Waals surface area contributed by atoms with Gasteiger partial charge in [0.05, 0.1) is 6.61 Å². The molecular formula is C9H17N3OS. The molecule has 1 aromatic rings. The molecule has 2 N–H and O–H groups in total. The van der Waals surface area contributed by atoms with Crippen LogP contribution in [0, 0.1) is 0 Å². The lowest BCUT2D eigenvalue weighted by Gasteiger charge is -2.12. The van der Waals surface area contributed by atoms with Gasteiger partial charge < -0.3 is 10.4 Å². The van der Waals surface area contributed by atoms with E-state index in [2.05, 4.69) is 35.4 Å². The van der Waals surface area contributed by atoms with Gasteiger partial charge in [0.2, 0.25) is 5.13 Å². The fourth-order valence-electron chi connectivity index (χ4n) is 0.843. The van der Waals surface area contributed by atoms with Gasteiger partial charge in [-0.25, -0.2) is 4.98 Å². The van der Waals surface area contributed by atoms with Crippen molar-refractivity contribution >= 4 is 16.7 Å². The first-order valence-corrected chi connectivity index (χ1v) is 5.42. The molecule has 0 aliphatic carbocycles. The lowest BCUT2D eigenvalue weighted by atomic mass is 9.96. The lowest BCUT2D eigenvalue weighted by molar-refractivity contribution is 0.281. The van der Waals surface area contributed by atoms with Crippen LogP contribution in [-0.4, -0.2) is 27.1 Å². The summed E-state index contributed by atoms with van der Waals surface area (Å²) in [5, 5.41) is 12.7. The van der Waals surface area contributed by atoms with E-state index >= 15 is 0 Å². The third kappa shape index (κ3) is 2.92. The van der Waals surface area contributed by atoms with Gasteiger partial charge in [-0.15, -0.1) is 0 Å². The molecule has 0 saturated heterocycles. The SMILES string of the molecule is CC(CO)Nc1nc(C(C)(C)C)ns1. The molecule has 1 unspecified atom stereocenters. The highest BCUT2D eigenvalue weighted by Crippen LogP contribution is 2.23. The first-order valence-electron chi connectivity index (χ1n) is 4.65. The van der Waals surface area contributed by atoms with Gasteiger partial charge in [0.25, 0.3) is 0 Å². The van der Waals surface area contributed by atoms with E-state index < -0.39 is 0 Å². The van der Waals surface area contributed by atoms with Gasteiger partial charge in [-0.05, 0) is 6.92 Å². The van der Waals surface area contributed by atoms with Crippen molar-refractivity contribution in [1.29, 1.82) is 0 Å². The Morgan fingerprint density at radius 2 is 2.14 bits per heavy atom. The van der Waals surface area contributed by atoms with E-state index in [0.29, 0.717) is 0 Å². The maximum absolute atomic E-state index is 8.86. The zero-order valence-corrected chi connectivity index (χ0v) is 9.85. The molecule has 4 nitrogen and oxygen atoms in total. The molecule has 0 aliphatic heterocycles. The number of anilines is 1. The molecular weight excluding hydrogens is 198 g/mol. The summed E-state index contributed by atoms with van der Waals surface area (Å²) in [6.07, 6.45) is 0. The number of aromatic nitrogens is 2. The van der Waals surface area contributed by atoms with Crippen LogP contribution in [0.15, 0.2) is 0 Å². The van der Waals surface area contributed by atoms with Gasteiger partial charge in [-0.3, -0.25) is 0 Å². The Hall–Kier alpha value is -0.680. The molecule has 0 amide bonds. The van der Waals surface area contributed by atoms with Crippen LogP contribution < -0.4 is 5.32 Å². The number of hydrogen-bond acceptors (Lipinski definition) is 5. The number of aliphatic hydroxyl groups is 1. The van der Waals surface area contributed by atoms with Crippen LogP contribution >= 0.6 is 11.5 Å². The van der Waals surface area contributed by atoms with Crippen LogP contribution in [0.2, 0.25) is 0 Å². The van der Waals surface area contributed by atoms with Gasteiger partial charge in [0.15, 0.2) is 0 Å². The molecule has 80 valence electrons. The minimum Gasteiger partial charge on any atom is -0.394 e. The van der Waals surface area contributed by atoms with E-state index in [9.17, 15) is 0 Å². The van der Waals surface area contributed by atoms with Crippen LogP contribution in [0.5, 0.6) is 0 Å². The largest absolute Gasteiger partial charge is 0.394 e. The maximum atomic E-state index is 8.86. The molecule has 1 aromatic heterocycles. The summed E-state index contributed by atoms with van der Waals surface area (Å²) in [4.78, 5) is 4.35. The Balaban J connectivity index is 2.69. The third-order valence-electron chi connectivity index (χ3n) is 1.74. The fraction of sp³-hybridized carbons (Fsp3) is 0.778. The molecule has 1 rings (SSSR count). The first-order chi connectivity index (χ1) is 6.43. The van der Waals surface area contributed by atoms with E-state index in [1.54, 1.807) is 0 Å². The summed E-state index contributed by atoms with van der Waals surface area (Å²) in [6, 6.07) is 0.0239. The predicted molar refractivity (Wildman–Crippen MR) is 58.8 cm³/mol. The van der Waals surface area contributed by atoms with E-state index in [1.807, 2.05) is 6.92 Å². The van der Waals surface area contributed by atoms with Crippen molar-refractivity contribution in [3.05, 3.63) is 5.82 Å². The maximum Gasteiger partial charge on any atom is 0.202 e. The van der Waals surface area contributed by atoms with Gasteiger partial charge in [0.1, 0.15) is 5.82 Å². The van der Waals surface area contributed by atoms with Crippen molar-refractivity contribution in [3.8, 4) is 0 Å². The highest BCUT2D eigenvalue weighted by molar-refractivity contribution is 7.09. The summed E-state index contributed by atoms with van der Waals surface area (Å²) in [5.41, 5.74) is -0.0150. The molecule has 0 fully saturated rings. The summed E-state index contributed by atoms with van der Waals surface area (Å²) < 4.78 is 4.26. The molecule has 1 heterocycles. The first kappa shape index (κ1) is 11.4. The lowest BCUT2D eigenvalue weighted by Crippen LogP contribution is -2.19. The zero-order chi connectivity index (χ0) is 10.8. The fourth-order valence-corrected chi connectivity index (χ4v) is 1.71. The molecule has 14 heavy (non-hydrogen) atoms. The summed E-state index contributed by atoms with van der Waals surface area (Å²) in [5.74, 6) is 0.843. The van der Waals surface area contributed by atoms with Crippen LogP contribution in [0.1, 0.15) is 33.5 Å². The normalized spacial score (nSPS) is 14.1. The second-order valence-corrected chi connectivity index (χ2v) is 5.15. The van der Waals surface area contributed by atoms with Crippen molar-refractivity contribution in [3.63, 3.8) is 0 Å². The number of nitrogens with one attached hydrogen (secondary N) is 1. The van der Waals surface area contributed by atoms with Crippen molar-refractivity contribution in [2.75, 3.05) is 11.9 Å². The van der Waals surface area contributed by atoms with E-state index in [4.69, 9.17) is 5.11 Å². The minimum atomic E-state index is -0.0150. The monoisotopic (exact) mass is 215 g/mol. The van der Waals surface area contributed by atoms with Crippen molar-refractivity contribution < 1.29 is 5.11 Å². The van der Waals surface area contributed by atoms with Gasteiger partial charge in [0, 0.05) is 23.0 Å². The van der Waals surface area contributed by atoms with Gasteiger partial charge >= 0.3 is 0 Å². The Morgan fingerprint density at radius 3 is 2.57 bits per heavy atom. The molecule has 1 atom stereocenters. The Bertz CT molecular complexity index is 292. The third-order valence-corrected chi connectivity index (χ3v) is 2.39. The van der Waals surface area contributed by atoms with E-state index in [-0.39, 0.29) is 18.1 Å². The quantitative estimate of drug-likeness (QED) is 0.804. The molecule has 5 heteroatoms. The molecule has 0 radical (unpaired) electrons. The summed E-state index contributed by atoms with van der Waals surface area (Å²) >= 11 is 1.34. The topological polar surface area (TPSA) is 58.0 Å². The molecule has 0 spiro atoms. The van der Waals surface area contributed by atoms with Crippen molar-refractivity contribution in [2.24, 2.45) is 0 Å². The minimum absolute atomic E-state index is 0.0150. The van der Waals surface area contributed by atoms with Crippen molar-refractivity contribution in [2.45, 2.75) is 39.2 Å². The predicted octanol–water partition coefficient (Wildman–Crippen LogP) is 1.63. The Morgan fingerprint density at radius 1 is 1.50 bits per heavy atom. The summed E-state index contributed by atoms with van der Waals surface area (Å²) in [6.45, 7) is 8.24. The van der Waals surface area contributed by atoms with E-state index in [0.717, 1.165) is 11.0 Å². The highest BCUT2D eigenvalue weighted by Gasteiger charge is 2.19. The standard InChI is InChI=1S/C9H17N3OS/c1-6(5-13)10-8-11-7(12-14-8)9(2,3)4/h6,13H,5H2,1-4H3,(H,10,11,12). The van der Waals surface area contributed by atoms with Crippen LogP contribution in [-0.2, 0) is 5.41 Å². The Kier molecular flexibility index (Phi) is 3.44. The number of rotatable bonds is 3. The number of nitrogens with zero attached hydrogens (tertiary/aromatic N) is 2. The second kappa shape index (κ2) is 4.23. The smallest absolute Gasteiger partial charge is 0.202 e. The zero-order valence-electron chi connectivity index (χ0n) is 9.03. The van der Waals surface area contributed by atoms with Crippen LogP contribution in [0.3, 0.4) is 0 Å². The number of aliphatic hydroxyl groups excluding tert-OH is 1. The Labute approximate surface area is 88.6 Å². The molecule has 0 aromatic carbocycles.